The van der Waals surface area contributed by atoms with Gasteiger partial charge in [0.2, 0.25) is 0 Å². The Bertz CT molecular complexity index is 840. The van der Waals surface area contributed by atoms with E-state index in [1.165, 1.54) is 0 Å². The Hall–Kier alpha value is -2.88. The van der Waals surface area contributed by atoms with Gasteiger partial charge in [0, 0.05) is 17.1 Å². The molecular weight excluding hydrogens is 288 g/mol. The van der Waals surface area contributed by atoms with Crippen LogP contribution in [0.2, 0.25) is 0 Å². The molecule has 0 aliphatic heterocycles. The van der Waals surface area contributed by atoms with E-state index in [4.69, 9.17) is 4.74 Å². The molecule has 3 rings (SSSR count). The summed E-state index contributed by atoms with van der Waals surface area (Å²) in [5, 5.41) is 3.88. The second-order valence-electron chi connectivity index (χ2n) is 5.31. The molecule has 0 aliphatic carbocycles. The molecule has 116 valence electrons. The molecule has 0 bridgehead atoms. The second kappa shape index (κ2) is 6.48. The third-order valence-corrected chi connectivity index (χ3v) is 3.85. The quantitative estimate of drug-likeness (QED) is 0.799. The van der Waals surface area contributed by atoms with Crippen molar-refractivity contribution < 1.29 is 9.53 Å². The molecule has 0 saturated carbocycles. The molecule has 1 atom stereocenters. The maximum absolute atomic E-state index is 12.7. The lowest BCUT2D eigenvalue weighted by Crippen LogP contribution is -2.27. The Morgan fingerprint density at radius 1 is 1.09 bits per heavy atom. The summed E-state index contributed by atoms with van der Waals surface area (Å²) >= 11 is 0. The molecule has 0 radical (unpaired) electrons. The standard InChI is InChI=1S/C19H18N2O2/c1-13(14-7-4-6-10-18(14)23-2)21-19(22)16-11-12-20-17-9-5-3-8-15(16)17/h3-13H,1-2H3,(H,21,22). The molecule has 1 amide bonds. The van der Waals surface area contributed by atoms with Crippen molar-refractivity contribution in [1.82, 2.24) is 10.3 Å². The number of ether oxygens (including phenoxy) is 1. The zero-order chi connectivity index (χ0) is 16.2. The average molecular weight is 306 g/mol. The monoisotopic (exact) mass is 306 g/mol. The molecule has 1 heterocycles. The highest BCUT2D eigenvalue weighted by Crippen LogP contribution is 2.25. The molecule has 1 unspecified atom stereocenters. The van der Waals surface area contributed by atoms with E-state index in [2.05, 4.69) is 10.3 Å². The van der Waals surface area contributed by atoms with Crippen molar-refractivity contribution in [2.75, 3.05) is 7.11 Å². The normalized spacial score (nSPS) is 11.9. The van der Waals surface area contributed by atoms with E-state index < -0.39 is 0 Å². The van der Waals surface area contributed by atoms with Crippen LogP contribution in [0.25, 0.3) is 10.9 Å². The first-order valence-corrected chi connectivity index (χ1v) is 7.48. The van der Waals surface area contributed by atoms with E-state index >= 15 is 0 Å². The van der Waals surface area contributed by atoms with Crippen LogP contribution in [-0.2, 0) is 0 Å². The fourth-order valence-electron chi connectivity index (χ4n) is 2.67. The van der Waals surface area contributed by atoms with E-state index in [-0.39, 0.29) is 11.9 Å². The molecule has 3 aromatic rings. The fourth-order valence-corrected chi connectivity index (χ4v) is 2.67. The number of aromatic nitrogens is 1. The van der Waals surface area contributed by atoms with Gasteiger partial charge in [0.15, 0.2) is 0 Å². The second-order valence-corrected chi connectivity index (χ2v) is 5.31. The predicted octanol–water partition coefficient (Wildman–Crippen LogP) is 3.73. The summed E-state index contributed by atoms with van der Waals surface area (Å²) in [7, 11) is 1.63. The predicted molar refractivity (Wildman–Crippen MR) is 90.6 cm³/mol. The zero-order valence-electron chi connectivity index (χ0n) is 13.1. The van der Waals surface area contributed by atoms with Gasteiger partial charge >= 0.3 is 0 Å². The number of para-hydroxylation sites is 2. The Kier molecular flexibility index (Phi) is 4.24. The SMILES string of the molecule is COc1ccccc1C(C)NC(=O)c1ccnc2ccccc12. The summed E-state index contributed by atoms with van der Waals surface area (Å²) in [6.45, 7) is 1.94. The molecule has 2 aromatic carbocycles. The van der Waals surface area contributed by atoms with E-state index in [1.807, 2.05) is 55.5 Å². The van der Waals surface area contributed by atoms with Crippen molar-refractivity contribution in [3.8, 4) is 5.75 Å². The van der Waals surface area contributed by atoms with E-state index in [9.17, 15) is 4.79 Å². The summed E-state index contributed by atoms with van der Waals surface area (Å²) in [5.41, 5.74) is 2.38. The maximum atomic E-state index is 12.7. The minimum atomic E-state index is -0.162. The van der Waals surface area contributed by atoms with Gasteiger partial charge in [0.25, 0.3) is 5.91 Å². The third kappa shape index (κ3) is 3.01. The smallest absolute Gasteiger partial charge is 0.252 e. The van der Waals surface area contributed by atoms with Crippen molar-refractivity contribution in [2.45, 2.75) is 13.0 Å². The van der Waals surface area contributed by atoms with Crippen LogP contribution in [0.1, 0.15) is 28.9 Å². The van der Waals surface area contributed by atoms with Crippen molar-refractivity contribution in [1.29, 1.82) is 0 Å². The molecule has 1 N–H and O–H groups in total. The number of nitrogens with one attached hydrogen (secondary N) is 1. The Morgan fingerprint density at radius 2 is 1.83 bits per heavy atom. The van der Waals surface area contributed by atoms with E-state index in [0.717, 1.165) is 22.2 Å². The lowest BCUT2D eigenvalue weighted by Gasteiger charge is -2.17. The topological polar surface area (TPSA) is 51.2 Å². The summed E-state index contributed by atoms with van der Waals surface area (Å²) < 4.78 is 5.36. The van der Waals surface area contributed by atoms with Crippen LogP contribution in [0.5, 0.6) is 5.75 Å². The fraction of sp³-hybridized carbons (Fsp3) is 0.158. The van der Waals surface area contributed by atoms with Gasteiger partial charge in [-0.15, -0.1) is 0 Å². The number of nitrogens with zero attached hydrogens (tertiary/aromatic N) is 1. The van der Waals surface area contributed by atoms with Crippen molar-refractivity contribution >= 4 is 16.8 Å². The van der Waals surface area contributed by atoms with Crippen LogP contribution in [0.15, 0.2) is 60.8 Å². The first-order valence-electron chi connectivity index (χ1n) is 7.48. The molecule has 0 fully saturated rings. The van der Waals surface area contributed by atoms with Crippen LogP contribution in [0.4, 0.5) is 0 Å². The molecule has 4 heteroatoms. The molecule has 0 saturated heterocycles. The highest BCUT2D eigenvalue weighted by Gasteiger charge is 2.16. The van der Waals surface area contributed by atoms with Crippen LogP contribution in [0, 0.1) is 0 Å². The van der Waals surface area contributed by atoms with Gasteiger partial charge < -0.3 is 10.1 Å². The number of benzene rings is 2. The number of hydrogen-bond acceptors (Lipinski definition) is 3. The Balaban J connectivity index is 1.89. The lowest BCUT2D eigenvalue weighted by molar-refractivity contribution is 0.0941. The van der Waals surface area contributed by atoms with Crippen LogP contribution < -0.4 is 10.1 Å². The van der Waals surface area contributed by atoms with Crippen molar-refractivity contribution in [2.24, 2.45) is 0 Å². The summed E-state index contributed by atoms with van der Waals surface area (Å²) in [4.78, 5) is 17.0. The van der Waals surface area contributed by atoms with Crippen molar-refractivity contribution in [3.63, 3.8) is 0 Å². The van der Waals surface area contributed by atoms with Crippen LogP contribution >= 0.6 is 0 Å². The third-order valence-electron chi connectivity index (χ3n) is 3.85. The first-order chi connectivity index (χ1) is 11.2. The van der Waals surface area contributed by atoms with Gasteiger partial charge in [-0.05, 0) is 25.1 Å². The number of methoxy groups -OCH3 is 1. The maximum Gasteiger partial charge on any atom is 0.252 e. The van der Waals surface area contributed by atoms with Gasteiger partial charge in [-0.25, -0.2) is 0 Å². The van der Waals surface area contributed by atoms with Gasteiger partial charge in [0.1, 0.15) is 5.75 Å². The van der Waals surface area contributed by atoms with Crippen LogP contribution in [0.3, 0.4) is 0 Å². The number of fused-ring (bicyclic) bond motifs is 1. The number of rotatable bonds is 4. The number of hydrogen-bond donors (Lipinski definition) is 1. The molecule has 1 aromatic heterocycles. The molecule has 4 nitrogen and oxygen atoms in total. The van der Waals surface area contributed by atoms with Crippen molar-refractivity contribution in [3.05, 3.63) is 71.9 Å². The van der Waals surface area contributed by atoms with E-state index in [0.29, 0.717) is 5.56 Å². The van der Waals surface area contributed by atoms with Gasteiger partial charge in [-0.3, -0.25) is 9.78 Å². The van der Waals surface area contributed by atoms with Gasteiger partial charge in [0.05, 0.1) is 24.2 Å². The minimum Gasteiger partial charge on any atom is -0.496 e. The zero-order valence-corrected chi connectivity index (χ0v) is 13.1. The molecule has 23 heavy (non-hydrogen) atoms. The number of carbonyl (C=O) groups is 1. The Morgan fingerprint density at radius 3 is 2.65 bits per heavy atom. The summed E-state index contributed by atoms with van der Waals surface area (Å²) in [5.74, 6) is 0.641. The van der Waals surface area contributed by atoms with Crippen LogP contribution in [-0.4, -0.2) is 18.0 Å². The summed E-state index contributed by atoms with van der Waals surface area (Å²) in [6, 6.07) is 16.9. The van der Waals surface area contributed by atoms with Gasteiger partial charge in [-0.1, -0.05) is 36.4 Å². The first kappa shape index (κ1) is 15.0. The summed E-state index contributed by atoms with van der Waals surface area (Å²) in [6.07, 6.45) is 1.66. The van der Waals surface area contributed by atoms with E-state index in [1.54, 1.807) is 19.4 Å². The lowest BCUT2D eigenvalue weighted by atomic mass is 10.1. The average Bonchev–Trinajstić information content (AvgIpc) is 2.61. The van der Waals surface area contributed by atoms with Gasteiger partial charge in [-0.2, -0.15) is 0 Å². The Labute approximate surface area is 135 Å². The number of carbonyl (C=O) groups excluding carboxylic acids is 1. The molecule has 0 spiro atoms. The number of amides is 1. The highest BCUT2D eigenvalue weighted by molar-refractivity contribution is 6.06. The largest absolute Gasteiger partial charge is 0.496 e. The molecule has 0 aliphatic rings. The number of pyridine rings is 1. The highest BCUT2D eigenvalue weighted by atomic mass is 16.5. The molecular formula is C19H18N2O2. The minimum absolute atomic E-state index is 0.123.